The zero-order chi connectivity index (χ0) is 15.5. The van der Waals surface area contributed by atoms with Crippen molar-refractivity contribution in [1.82, 2.24) is 9.29 Å². The third-order valence-corrected chi connectivity index (χ3v) is 5.94. The Morgan fingerprint density at radius 2 is 2.24 bits per heavy atom. The maximum atomic E-state index is 12.6. The standard InChI is InChI=1S/C14H22ClN3O2S/c1-3-6-16-14-13(15)8-12(9-17-14)21(19,20)18-7-5-11(4-2)10-18/h8-9,11H,3-7,10H2,1-2H3,(H,16,17). The zero-order valence-corrected chi connectivity index (χ0v) is 14.0. The SMILES string of the molecule is CCCNc1ncc(S(=O)(=O)N2CCC(CC)C2)cc1Cl. The topological polar surface area (TPSA) is 62.3 Å². The van der Waals surface area contributed by atoms with Gasteiger partial charge in [-0.2, -0.15) is 4.31 Å². The summed E-state index contributed by atoms with van der Waals surface area (Å²) in [5.41, 5.74) is 0. The fourth-order valence-electron chi connectivity index (χ4n) is 2.43. The number of hydrogen-bond acceptors (Lipinski definition) is 4. The number of pyridine rings is 1. The van der Waals surface area contributed by atoms with Crippen molar-refractivity contribution in [3.63, 3.8) is 0 Å². The van der Waals surface area contributed by atoms with E-state index in [-0.39, 0.29) is 4.90 Å². The van der Waals surface area contributed by atoms with Gasteiger partial charge in [0.25, 0.3) is 0 Å². The quantitative estimate of drug-likeness (QED) is 0.870. The lowest BCUT2D eigenvalue weighted by Crippen LogP contribution is -2.29. The monoisotopic (exact) mass is 331 g/mol. The molecule has 1 aromatic rings. The third kappa shape index (κ3) is 3.67. The van der Waals surface area contributed by atoms with Crippen LogP contribution in [0.2, 0.25) is 5.02 Å². The van der Waals surface area contributed by atoms with Gasteiger partial charge in [-0.3, -0.25) is 0 Å². The van der Waals surface area contributed by atoms with Crippen molar-refractivity contribution >= 4 is 27.4 Å². The minimum absolute atomic E-state index is 0.173. The average Bonchev–Trinajstić information content (AvgIpc) is 2.95. The summed E-state index contributed by atoms with van der Waals surface area (Å²) >= 11 is 6.13. The van der Waals surface area contributed by atoms with Crippen LogP contribution in [0.25, 0.3) is 0 Å². The first-order valence-electron chi connectivity index (χ1n) is 7.38. The van der Waals surface area contributed by atoms with Crippen molar-refractivity contribution in [2.45, 2.75) is 38.0 Å². The molecule has 0 spiro atoms. The van der Waals surface area contributed by atoms with Gasteiger partial charge in [0.15, 0.2) is 0 Å². The highest BCUT2D eigenvalue weighted by Gasteiger charge is 2.32. The molecule has 0 bridgehead atoms. The van der Waals surface area contributed by atoms with Crippen LogP contribution in [0.5, 0.6) is 0 Å². The molecule has 2 heterocycles. The molecule has 21 heavy (non-hydrogen) atoms. The van der Waals surface area contributed by atoms with Gasteiger partial charge in [-0.25, -0.2) is 13.4 Å². The van der Waals surface area contributed by atoms with Crippen molar-refractivity contribution in [3.8, 4) is 0 Å². The van der Waals surface area contributed by atoms with E-state index in [1.807, 2.05) is 6.92 Å². The summed E-state index contributed by atoms with van der Waals surface area (Å²) in [5.74, 6) is 0.985. The molecule has 5 nitrogen and oxygen atoms in total. The van der Waals surface area contributed by atoms with Gasteiger partial charge in [0.2, 0.25) is 10.0 Å². The maximum absolute atomic E-state index is 12.6. The van der Waals surface area contributed by atoms with Crippen molar-refractivity contribution in [3.05, 3.63) is 17.3 Å². The molecule has 1 aromatic heterocycles. The lowest BCUT2D eigenvalue weighted by Gasteiger charge is -2.17. The lowest BCUT2D eigenvalue weighted by molar-refractivity contribution is 0.453. The molecular formula is C14H22ClN3O2S. The Morgan fingerprint density at radius 1 is 1.48 bits per heavy atom. The Kier molecular flexibility index (Phi) is 5.46. The van der Waals surface area contributed by atoms with Gasteiger partial charge in [-0.05, 0) is 24.8 Å². The second-order valence-corrected chi connectivity index (χ2v) is 7.70. The largest absolute Gasteiger partial charge is 0.369 e. The van der Waals surface area contributed by atoms with Crippen molar-refractivity contribution in [2.24, 2.45) is 5.92 Å². The highest BCUT2D eigenvalue weighted by molar-refractivity contribution is 7.89. The first-order chi connectivity index (χ1) is 9.98. The maximum Gasteiger partial charge on any atom is 0.244 e. The van der Waals surface area contributed by atoms with Crippen LogP contribution in [0.15, 0.2) is 17.2 Å². The average molecular weight is 332 g/mol. The predicted molar refractivity (Wildman–Crippen MR) is 85.2 cm³/mol. The molecule has 0 amide bonds. The number of anilines is 1. The number of aromatic nitrogens is 1. The normalized spacial score (nSPS) is 19.9. The van der Waals surface area contributed by atoms with E-state index in [2.05, 4.69) is 17.2 Å². The summed E-state index contributed by atoms with van der Waals surface area (Å²) in [5, 5.41) is 3.42. The highest BCUT2D eigenvalue weighted by Crippen LogP contribution is 2.28. The minimum Gasteiger partial charge on any atom is -0.369 e. The molecule has 1 aliphatic heterocycles. The molecule has 2 rings (SSSR count). The van der Waals surface area contributed by atoms with Crippen LogP contribution in [0, 0.1) is 5.92 Å². The summed E-state index contributed by atoms with van der Waals surface area (Å²) in [4.78, 5) is 4.32. The lowest BCUT2D eigenvalue weighted by atomic mass is 10.1. The van der Waals surface area contributed by atoms with E-state index in [4.69, 9.17) is 11.6 Å². The number of sulfonamides is 1. The van der Waals surface area contributed by atoms with Gasteiger partial charge in [0.05, 0.1) is 5.02 Å². The molecular weight excluding hydrogens is 310 g/mol. The predicted octanol–water partition coefficient (Wildman–Crippen LogP) is 2.98. The van der Waals surface area contributed by atoms with Crippen LogP contribution in [0.3, 0.4) is 0 Å². The van der Waals surface area contributed by atoms with E-state index in [0.717, 1.165) is 25.8 Å². The minimum atomic E-state index is -3.48. The van der Waals surface area contributed by atoms with E-state index < -0.39 is 10.0 Å². The van der Waals surface area contributed by atoms with Crippen LogP contribution >= 0.6 is 11.6 Å². The summed E-state index contributed by atoms with van der Waals surface area (Å²) in [6.07, 6.45) is 4.26. The summed E-state index contributed by atoms with van der Waals surface area (Å²) in [6, 6.07) is 1.49. The molecule has 0 aromatic carbocycles. The van der Waals surface area contributed by atoms with E-state index in [1.165, 1.54) is 16.6 Å². The molecule has 1 N–H and O–H groups in total. The van der Waals surface area contributed by atoms with Crippen LogP contribution in [0.4, 0.5) is 5.82 Å². The Labute approximate surface area is 131 Å². The van der Waals surface area contributed by atoms with Crippen LogP contribution in [0.1, 0.15) is 33.1 Å². The molecule has 0 saturated carbocycles. The number of halogens is 1. The molecule has 1 fully saturated rings. The molecule has 0 aliphatic carbocycles. The second-order valence-electron chi connectivity index (χ2n) is 5.35. The second kappa shape index (κ2) is 6.94. The van der Waals surface area contributed by atoms with Crippen molar-refractivity contribution in [1.29, 1.82) is 0 Å². The molecule has 7 heteroatoms. The van der Waals surface area contributed by atoms with Gasteiger partial charge in [-0.15, -0.1) is 0 Å². The molecule has 118 valence electrons. The van der Waals surface area contributed by atoms with Crippen LogP contribution < -0.4 is 5.32 Å². The fourth-order valence-corrected chi connectivity index (χ4v) is 4.23. The first kappa shape index (κ1) is 16.5. The van der Waals surface area contributed by atoms with E-state index in [1.54, 1.807) is 0 Å². The third-order valence-electron chi connectivity index (χ3n) is 3.82. The summed E-state index contributed by atoms with van der Waals surface area (Å²) in [6.45, 7) is 6.05. The molecule has 1 aliphatic rings. The Balaban J connectivity index is 2.19. The first-order valence-corrected chi connectivity index (χ1v) is 9.20. The van der Waals surface area contributed by atoms with Gasteiger partial charge in [0.1, 0.15) is 10.7 Å². The van der Waals surface area contributed by atoms with Crippen LogP contribution in [-0.4, -0.2) is 37.3 Å². The Bertz CT molecular complexity index is 592. The number of hydrogen-bond donors (Lipinski definition) is 1. The molecule has 1 atom stereocenters. The fraction of sp³-hybridized carbons (Fsp3) is 0.643. The number of rotatable bonds is 6. The summed E-state index contributed by atoms with van der Waals surface area (Å²) < 4.78 is 26.7. The molecule has 0 radical (unpaired) electrons. The van der Waals surface area contributed by atoms with Crippen LogP contribution in [-0.2, 0) is 10.0 Å². The highest BCUT2D eigenvalue weighted by atomic mass is 35.5. The van der Waals surface area contributed by atoms with Crippen molar-refractivity contribution in [2.75, 3.05) is 25.0 Å². The summed E-state index contributed by atoms with van der Waals surface area (Å²) in [7, 11) is -3.48. The van der Waals surface area contributed by atoms with E-state index in [9.17, 15) is 8.42 Å². The van der Waals surface area contributed by atoms with E-state index in [0.29, 0.717) is 29.8 Å². The van der Waals surface area contributed by atoms with Gasteiger partial charge >= 0.3 is 0 Å². The number of nitrogens with zero attached hydrogens (tertiary/aromatic N) is 2. The van der Waals surface area contributed by atoms with Crippen molar-refractivity contribution < 1.29 is 8.42 Å². The smallest absolute Gasteiger partial charge is 0.244 e. The Hall–Kier alpha value is -0.850. The van der Waals surface area contributed by atoms with Gasteiger partial charge < -0.3 is 5.32 Å². The van der Waals surface area contributed by atoms with E-state index >= 15 is 0 Å². The Morgan fingerprint density at radius 3 is 2.81 bits per heavy atom. The molecule has 1 saturated heterocycles. The zero-order valence-electron chi connectivity index (χ0n) is 12.5. The number of nitrogens with one attached hydrogen (secondary N) is 1. The van der Waals surface area contributed by atoms with Gasteiger partial charge in [-0.1, -0.05) is 31.9 Å². The molecule has 1 unspecified atom stereocenters. The van der Waals surface area contributed by atoms with Gasteiger partial charge in [0, 0.05) is 25.8 Å².